The minimum Gasteiger partial charge on any atom is -0.486 e. The van der Waals surface area contributed by atoms with Crippen LogP contribution in [-0.4, -0.2) is 23.0 Å². The molecular formula is C18H24ClN3O2. The van der Waals surface area contributed by atoms with Crippen LogP contribution < -0.4 is 14.8 Å². The van der Waals surface area contributed by atoms with Crippen molar-refractivity contribution < 1.29 is 9.47 Å². The highest BCUT2D eigenvalue weighted by molar-refractivity contribution is 6.32. The molecule has 0 aliphatic carbocycles. The molecule has 0 fully saturated rings. The topological polar surface area (TPSA) is 48.3 Å². The van der Waals surface area contributed by atoms with Crippen molar-refractivity contribution in [2.24, 2.45) is 0 Å². The third-order valence-corrected chi connectivity index (χ3v) is 4.54. The summed E-state index contributed by atoms with van der Waals surface area (Å²) in [5, 5.41) is 8.70. The smallest absolute Gasteiger partial charge is 0.179 e. The monoisotopic (exact) mass is 349 g/mol. The van der Waals surface area contributed by atoms with Crippen LogP contribution in [0.3, 0.4) is 0 Å². The van der Waals surface area contributed by atoms with Gasteiger partial charge in [0.15, 0.2) is 11.5 Å². The Morgan fingerprint density at radius 1 is 1.21 bits per heavy atom. The second kappa shape index (κ2) is 7.45. The van der Waals surface area contributed by atoms with E-state index in [1.807, 2.05) is 12.1 Å². The van der Waals surface area contributed by atoms with E-state index in [4.69, 9.17) is 21.1 Å². The minimum atomic E-state index is 0.546. The summed E-state index contributed by atoms with van der Waals surface area (Å²) in [7, 11) is 0. The molecule has 0 spiro atoms. The van der Waals surface area contributed by atoms with E-state index in [1.165, 1.54) is 11.3 Å². The first-order valence-electron chi connectivity index (χ1n) is 8.41. The number of hydrogen-bond acceptors (Lipinski definition) is 4. The SMILES string of the molecule is CCCn1nc(C)c(CNCc2cc(Cl)c3c(c2)OCCO3)c1C. The van der Waals surface area contributed by atoms with Crippen LogP contribution in [0.4, 0.5) is 0 Å². The van der Waals surface area contributed by atoms with Crippen molar-refractivity contribution in [2.45, 2.75) is 46.8 Å². The molecule has 130 valence electrons. The van der Waals surface area contributed by atoms with Gasteiger partial charge in [-0.15, -0.1) is 0 Å². The maximum absolute atomic E-state index is 6.29. The molecule has 2 aromatic rings. The lowest BCUT2D eigenvalue weighted by molar-refractivity contribution is 0.171. The third-order valence-electron chi connectivity index (χ3n) is 4.25. The molecule has 0 bridgehead atoms. The molecule has 1 aromatic carbocycles. The number of rotatable bonds is 6. The van der Waals surface area contributed by atoms with E-state index in [0.717, 1.165) is 36.5 Å². The van der Waals surface area contributed by atoms with Crippen LogP contribution in [0, 0.1) is 13.8 Å². The zero-order valence-electron chi connectivity index (χ0n) is 14.5. The molecule has 0 atom stereocenters. The first kappa shape index (κ1) is 17.1. The summed E-state index contributed by atoms with van der Waals surface area (Å²) in [6.07, 6.45) is 1.09. The first-order valence-corrected chi connectivity index (χ1v) is 8.79. The van der Waals surface area contributed by atoms with E-state index in [2.05, 4.69) is 35.9 Å². The van der Waals surface area contributed by atoms with Gasteiger partial charge in [0.25, 0.3) is 0 Å². The van der Waals surface area contributed by atoms with Gasteiger partial charge in [-0.25, -0.2) is 0 Å². The average molecular weight is 350 g/mol. The fourth-order valence-corrected chi connectivity index (χ4v) is 3.31. The van der Waals surface area contributed by atoms with Crippen LogP contribution in [0.2, 0.25) is 5.02 Å². The van der Waals surface area contributed by atoms with Crippen molar-refractivity contribution in [1.29, 1.82) is 0 Å². The second-order valence-electron chi connectivity index (χ2n) is 6.08. The van der Waals surface area contributed by atoms with Crippen LogP contribution in [-0.2, 0) is 19.6 Å². The Morgan fingerprint density at radius 3 is 2.79 bits per heavy atom. The van der Waals surface area contributed by atoms with Gasteiger partial charge in [-0.2, -0.15) is 5.10 Å². The summed E-state index contributed by atoms with van der Waals surface area (Å²) >= 11 is 6.29. The molecule has 6 heteroatoms. The van der Waals surface area contributed by atoms with Crippen LogP contribution >= 0.6 is 11.6 Å². The molecule has 0 radical (unpaired) electrons. The molecule has 0 unspecified atom stereocenters. The molecule has 1 aliphatic heterocycles. The summed E-state index contributed by atoms with van der Waals surface area (Å²) < 4.78 is 13.3. The van der Waals surface area contributed by atoms with Gasteiger partial charge < -0.3 is 14.8 Å². The lowest BCUT2D eigenvalue weighted by atomic mass is 10.1. The Kier molecular flexibility index (Phi) is 5.31. The Bertz CT molecular complexity index is 728. The fourth-order valence-electron chi connectivity index (χ4n) is 3.02. The van der Waals surface area contributed by atoms with E-state index in [-0.39, 0.29) is 0 Å². The Hall–Kier alpha value is -1.72. The van der Waals surface area contributed by atoms with Gasteiger partial charge in [0.1, 0.15) is 13.2 Å². The molecular weight excluding hydrogens is 326 g/mol. The largest absolute Gasteiger partial charge is 0.486 e. The molecule has 0 saturated heterocycles. The normalized spacial score (nSPS) is 13.3. The molecule has 24 heavy (non-hydrogen) atoms. The van der Waals surface area contributed by atoms with Gasteiger partial charge in [-0.1, -0.05) is 18.5 Å². The fraction of sp³-hybridized carbons (Fsp3) is 0.500. The number of benzene rings is 1. The van der Waals surface area contributed by atoms with E-state index in [9.17, 15) is 0 Å². The lowest BCUT2D eigenvalue weighted by Crippen LogP contribution is -2.17. The number of fused-ring (bicyclic) bond motifs is 1. The zero-order chi connectivity index (χ0) is 17.1. The quantitative estimate of drug-likeness (QED) is 0.865. The summed E-state index contributed by atoms with van der Waals surface area (Å²) in [4.78, 5) is 0. The van der Waals surface area contributed by atoms with Gasteiger partial charge in [0, 0.05) is 30.9 Å². The summed E-state index contributed by atoms with van der Waals surface area (Å²) in [5.41, 5.74) is 4.68. The molecule has 1 aliphatic rings. The van der Waals surface area contributed by atoms with Gasteiger partial charge in [0.05, 0.1) is 10.7 Å². The van der Waals surface area contributed by atoms with Gasteiger partial charge in [-0.05, 0) is 38.0 Å². The summed E-state index contributed by atoms with van der Waals surface area (Å²) in [6, 6.07) is 3.93. The highest BCUT2D eigenvalue weighted by Crippen LogP contribution is 2.38. The molecule has 0 saturated carbocycles. The molecule has 1 aromatic heterocycles. The van der Waals surface area contributed by atoms with E-state index in [0.29, 0.717) is 30.5 Å². The summed E-state index contributed by atoms with van der Waals surface area (Å²) in [6.45, 7) is 9.94. The lowest BCUT2D eigenvalue weighted by Gasteiger charge is -2.20. The second-order valence-corrected chi connectivity index (χ2v) is 6.49. The van der Waals surface area contributed by atoms with Crippen LogP contribution in [0.1, 0.15) is 35.9 Å². The molecule has 1 N–H and O–H groups in total. The first-order chi connectivity index (χ1) is 11.6. The van der Waals surface area contributed by atoms with Crippen molar-refractivity contribution in [3.8, 4) is 11.5 Å². The van der Waals surface area contributed by atoms with E-state index < -0.39 is 0 Å². The van der Waals surface area contributed by atoms with E-state index in [1.54, 1.807) is 0 Å². The molecule has 3 rings (SSSR count). The van der Waals surface area contributed by atoms with Crippen LogP contribution in [0.5, 0.6) is 11.5 Å². The van der Waals surface area contributed by atoms with Crippen LogP contribution in [0.25, 0.3) is 0 Å². The zero-order valence-corrected chi connectivity index (χ0v) is 15.2. The Morgan fingerprint density at radius 2 is 2.00 bits per heavy atom. The van der Waals surface area contributed by atoms with Crippen molar-refractivity contribution >= 4 is 11.6 Å². The Labute approximate surface area is 147 Å². The highest BCUT2D eigenvalue weighted by Gasteiger charge is 2.17. The average Bonchev–Trinajstić information content (AvgIpc) is 2.83. The number of aromatic nitrogens is 2. The van der Waals surface area contributed by atoms with Crippen molar-refractivity contribution in [2.75, 3.05) is 13.2 Å². The highest BCUT2D eigenvalue weighted by atomic mass is 35.5. The van der Waals surface area contributed by atoms with Gasteiger partial charge in [-0.3, -0.25) is 4.68 Å². The van der Waals surface area contributed by atoms with Gasteiger partial charge >= 0.3 is 0 Å². The number of halogens is 1. The number of hydrogen-bond donors (Lipinski definition) is 1. The predicted octanol–water partition coefficient (Wildman–Crippen LogP) is 3.62. The van der Waals surface area contributed by atoms with Crippen LogP contribution in [0.15, 0.2) is 12.1 Å². The number of aryl methyl sites for hydroxylation is 2. The van der Waals surface area contributed by atoms with Gasteiger partial charge in [0.2, 0.25) is 0 Å². The minimum absolute atomic E-state index is 0.546. The van der Waals surface area contributed by atoms with Crippen molar-refractivity contribution in [3.63, 3.8) is 0 Å². The predicted molar refractivity (Wildman–Crippen MR) is 95.0 cm³/mol. The number of nitrogens with zero attached hydrogens (tertiary/aromatic N) is 2. The third kappa shape index (κ3) is 3.52. The van der Waals surface area contributed by atoms with Crippen molar-refractivity contribution in [1.82, 2.24) is 15.1 Å². The maximum Gasteiger partial charge on any atom is 0.179 e. The Balaban J connectivity index is 1.66. The van der Waals surface area contributed by atoms with E-state index >= 15 is 0 Å². The summed E-state index contributed by atoms with van der Waals surface area (Å²) in [5.74, 6) is 1.38. The standard InChI is InChI=1S/C18H24ClN3O2/c1-4-5-22-13(3)15(12(2)21-22)11-20-10-14-8-16(19)18-17(9-14)23-6-7-24-18/h8-9,20H,4-7,10-11H2,1-3H3. The maximum atomic E-state index is 6.29. The molecule has 2 heterocycles. The molecule has 0 amide bonds. The number of ether oxygens (including phenoxy) is 2. The molecule has 5 nitrogen and oxygen atoms in total. The van der Waals surface area contributed by atoms with Crippen molar-refractivity contribution in [3.05, 3.63) is 39.7 Å². The number of nitrogens with one attached hydrogen (secondary N) is 1.